The van der Waals surface area contributed by atoms with E-state index in [9.17, 15) is 4.79 Å². The lowest BCUT2D eigenvalue weighted by Crippen LogP contribution is -3.12. The predicted molar refractivity (Wildman–Crippen MR) is 105 cm³/mol. The number of hydrogen-bond acceptors (Lipinski definition) is 3. The summed E-state index contributed by atoms with van der Waals surface area (Å²) < 4.78 is 5.62. The van der Waals surface area contributed by atoms with Crippen LogP contribution in [0, 0.1) is 6.92 Å². The number of benzene rings is 1. The van der Waals surface area contributed by atoms with Crippen LogP contribution in [0.25, 0.3) is 0 Å². The predicted octanol–water partition coefficient (Wildman–Crippen LogP) is 2.72. The average molecular weight is 366 g/mol. The van der Waals surface area contributed by atoms with Gasteiger partial charge in [0, 0.05) is 6.42 Å². The minimum Gasteiger partial charge on any atom is -0.467 e. The van der Waals surface area contributed by atoms with E-state index in [1.165, 1.54) is 37.9 Å². The van der Waals surface area contributed by atoms with Gasteiger partial charge in [0.2, 0.25) is 5.91 Å². The number of furan rings is 1. The molecule has 1 N–H and O–H groups in total. The monoisotopic (exact) mass is 366 g/mol. The van der Waals surface area contributed by atoms with E-state index in [1.54, 1.807) is 16.2 Å². The first kappa shape index (κ1) is 18.0. The highest BCUT2D eigenvalue weighted by Gasteiger charge is 2.35. The molecule has 27 heavy (non-hydrogen) atoms. The van der Waals surface area contributed by atoms with Crippen LogP contribution in [-0.4, -0.2) is 36.3 Å². The Kier molecular flexibility index (Phi) is 5.39. The molecule has 0 spiro atoms. The summed E-state index contributed by atoms with van der Waals surface area (Å²) in [4.78, 5) is 14.5. The first-order valence-electron chi connectivity index (χ1n) is 10.0. The van der Waals surface area contributed by atoms with E-state index in [4.69, 9.17) is 9.52 Å². The van der Waals surface area contributed by atoms with Crippen LogP contribution in [0.15, 0.2) is 52.2 Å². The van der Waals surface area contributed by atoms with Crippen LogP contribution in [0.3, 0.4) is 0 Å². The summed E-state index contributed by atoms with van der Waals surface area (Å²) in [7, 11) is 0. The van der Waals surface area contributed by atoms with Crippen LogP contribution in [0.1, 0.15) is 55.0 Å². The number of rotatable bonds is 5. The number of carbonyl (C=O) groups excluding carboxylic acids is 1. The third-order valence-corrected chi connectivity index (χ3v) is 5.68. The highest BCUT2D eigenvalue weighted by Crippen LogP contribution is 2.33. The number of hydrogen-bond donors (Lipinski definition) is 1. The van der Waals surface area contributed by atoms with E-state index in [2.05, 4.69) is 31.2 Å². The molecule has 1 aromatic carbocycles. The first-order valence-corrected chi connectivity index (χ1v) is 10.0. The second-order valence-electron chi connectivity index (χ2n) is 7.70. The molecule has 5 heteroatoms. The fourth-order valence-electron chi connectivity index (χ4n) is 4.06. The smallest absolute Gasteiger partial charge is 0.249 e. The van der Waals surface area contributed by atoms with Crippen molar-refractivity contribution in [1.29, 1.82) is 0 Å². The van der Waals surface area contributed by atoms with Crippen molar-refractivity contribution in [2.75, 3.05) is 19.6 Å². The van der Waals surface area contributed by atoms with Gasteiger partial charge in [-0.05, 0) is 43.9 Å². The fourth-order valence-corrected chi connectivity index (χ4v) is 4.06. The van der Waals surface area contributed by atoms with Gasteiger partial charge in [-0.2, -0.15) is 5.10 Å². The third kappa shape index (κ3) is 4.14. The molecule has 0 saturated carbocycles. The van der Waals surface area contributed by atoms with Crippen molar-refractivity contribution in [1.82, 2.24) is 5.01 Å². The molecule has 1 aromatic heterocycles. The Hall–Kier alpha value is -2.40. The minimum absolute atomic E-state index is 0.0941. The van der Waals surface area contributed by atoms with Gasteiger partial charge in [-0.25, -0.2) is 5.01 Å². The molecule has 3 heterocycles. The molecule has 1 saturated heterocycles. The van der Waals surface area contributed by atoms with Gasteiger partial charge in [-0.15, -0.1) is 0 Å². The largest absolute Gasteiger partial charge is 0.467 e. The Labute approximate surface area is 160 Å². The molecule has 1 fully saturated rings. The van der Waals surface area contributed by atoms with Crippen molar-refractivity contribution in [2.45, 2.75) is 45.1 Å². The number of nitrogens with zero attached hydrogens (tertiary/aromatic N) is 2. The molecular weight excluding hydrogens is 338 g/mol. The van der Waals surface area contributed by atoms with Crippen molar-refractivity contribution in [3.05, 3.63) is 59.5 Å². The summed E-state index contributed by atoms with van der Waals surface area (Å²) in [5.41, 5.74) is 3.25. The van der Waals surface area contributed by atoms with Gasteiger partial charge in [0.15, 0.2) is 0 Å². The number of likely N-dealkylation sites (tertiary alicyclic amines) is 1. The van der Waals surface area contributed by atoms with Gasteiger partial charge in [0.05, 0.1) is 38.0 Å². The lowest BCUT2D eigenvalue weighted by molar-refractivity contribution is -0.904. The molecule has 0 aliphatic carbocycles. The molecule has 0 radical (unpaired) electrons. The molecule has 2 aliphatic rings. The van der Waals surface area contributed by atoms with E-state index in [1.807, 2.05) is 12.1 Å². The van der Waals surface area contributed by atoms with E-state index in [-0.39, 0.29) is 11.9 Å². The normalized spacial score (nSPS) is 20.7. The summed E-state index contributed by atoms with van der Waals surface area (Å²) in [6.45, 7) is 5.35. The summed E-state index contributed by atoms with van der Waals surface area (Å²) in [6.07, 6.45) is 6.78. The standard InChI is InChI=1S/C22H27N3O2/c1-17-7-9-18(10-8-17)19-16-20(21-6-5-15-27-21)25(23-19)22(26)11-14-24-12-3-2-4-13-24/h5-10,15,20H,2-4,11-14,16H2,1H3/p+1/t20-/m0/s1. The number of nitrogens with one attached hydrogen (secondary N) is 1. The van der Waals surface area contributed by atoms with E-state index >= 15 is 0 Å². The zero-order valence-electron chi connectivity index (χ0n) is 16.0. The molecule has 0 unspecified atom stereocenters. The fraction of sp³-hybridized carbons (Fsp3) is 0.455. The zero-order valence-corrected chi connectivity index (χ0v) is 16.0. The van der Waals surface area contributed by atoms with Gasteiger partial charge in [0.1, 0.15) is 11.8 Å². The van der Waals surface area contributed by atoms with Crippen LogP contribution in [0.2, 0.25) is 0 Å². The molecule has 1 atom stereocenters. The molecule has 1 amide bonds. The van der Waals surface area contributed by atoms with Crippen LogP contribution < -0.4 is 4.90 Å². The van der Waals surface area contributed by atoms with Gasteiger partial charge in [-0.1, -0.05) is 29.8 Å². The van der Waals surface area contributed by atoms with Gasteiger partial charge >= 0.3 is 0 Å². The van der Waals surface area contributed by atoms with Crippen LogP contribution in [0.4, 0.5) is 0 Å². The van der Waals surface area contributed by atoms with Crippen molar-refractivity contribution in [2.24, 2.45) is 5.10 Å². The quantitative estimate of drug-likeness (QED) is 0.885. The molecule has 2 aliphatic heterocycles. The highest BCUT2D eigenvalue weighted by molar-refractivity contribution is 6.03. The molecule has 4 rings (SSSR count). The van der Waals surface area contributed by atoms with E-state index in [0.717, 1.165) is 23.6 Å². The second kappa shape index (κ2) is 8.09. The van der Waals surface area contributed by atoms with Crippen LogP contribution in [-0.2, 0) is 4.79 Å². The lowest BCUT2D eigenvalue weighted by atomic mass is 10.0. The number of aryl methyl sites for hydroxylation is 1. The van der Waals surface area contributed by atoms with Gasteiger partial charge in [0.25, 0.3) is 0 Å². The molecule has 142 valence electrons. The maximum atomic E-state index is 13.0. The Bertz CT molecular complexity index is 789. The molecular formula is C22H28N3O2+. The summed E-state index contributed by atoms with van der Waals surface area (Å²) >= 11 is 0. The summed E-state index contributed by atoms with van der Waals surface area (Å²) in [5, 5.41) is 6.38. The highest BCUT2D eigenvalue weighted by atomic mass is 16.3. The lowest BCUT2D eigenvalue weighted by Gasteiger charge is -2.25. The second-order valence-corrected chi connectivity index (χ2v) is 7.70. The Morgan fingerprint density at radius 1 is 1.19 bits per heavy atom. The van der Waals surface area contributed by atoms with E-state index in [0.29, 0.717) is 12.8 Å². The average Bonchev–Trinajstić information content (AvgIpc) is 3.37. The van der Waals surface area contributed by atoms with Crippen molar-refractivity contribution >= 4 is 11.6 Å². The number of quaternary nitrogens is 1. The van der Waals surface area contributed by atoms with Crippen molar-refractivity contribution < 1.29 is 14.1 Å². The molecule has 0 bridgehead atoms. The number of hydrazone groups is 1. The van der Waals surface area contributed by atoms with Crippen LogP contribution >= 0.6 is 0 Å². The first-order chi connectivity index (χ1) is 13.2. The summed E-state index contributed by atoms with van der Waals surface area (Å²) in [5.74, 6) is 0.899. The minimum atomic E-state index is -0.139. The van der Waals surface area contributed by atoms with Gasteiger partial charge < -0.3 is 9.32 Å². The van der Waals surface area contributed by atoms with Crippen molar-refractivity contribution in [3.63, 3.8) is 0 Å². The maximum Gasteiger partial charge on any atom is 0.249 e. The Balaban J connectivity index is 1.50. The molecule has 5 nitrogen and oxygen atoms in total. The van der Waals surface area contributed by atoms with E-state index < -0.39 is 0 Å². The number of piperidine rings is 1. The third-order valence-electron chi connectivity index (χ3n) is 5.68. The number of carbonyl (C=O) groups is 1. The Morgan fingerprint density at radius 3 is 2.67 bits per heavy atom. The maximum absolute atomic E-state index is 13.0. The topological polar surface area (TPSA) is 50.2 Å². The number of amides is 1. The summed E-state index contributed by atoms with van der Waals surface area (Å²) in [6, 6.07) is 12.0. The Morgan fingerprint density at radius 2 is 1.96 bits per heavy atom. The van der Waals surface area contributed by atoms with Crippen molar-refractivity contribution in [3.8, 4) is 0 Å². The van der Waals surface area contributed by atoms with Crippen LogP contribution in [0.5, 0.6) is 0 Å². The molecule has 2 aromatic rings. The van der Waals surface area contributed by atoms with Gasteiger partial charge in [-0.3, -0.25) is 4.79 Å². The SMILES string of the molecule is Cc1ccc(C2=NN(C(=O)CC[NH+]3CCCCC3)[C@H](c3ccco3)C2)cc1. The zero-order chi connectivity index (χ0) is 18.6.